The molecule has 178 valence electrons. The van der Waals surface area contributed by atoms with E-state index in [-0.39, 0.29) is 23.5 Å². The van der Waals surface area contributed by atoms with Crippen molar-refractivity contribution in [1.29, 1.82) is 0 Å². The van der Waals surface area contributed by atoms with E-state index in [1.54, 1.807) is 18.2 Å². The summed E-state index contributed by atoms with van der Waals surface area (Å²) in [7, 11) is 0. The van der Waals surface area contributed by atoms with Gasteiger partial charge in [-0.2, -0.15) is 0 Å². The number of benzene rings is 3. The average Bonchev–Trinajstić information content (AvgIpc) is 2.85. The van der Waals surface area contributed by atoms with E-state index in [1.165, 1.54) is 12.1 Å². The third-order valence-electron chi connectivity index (χ3n) is 5.63. The van der Waals surface area contributed by atoms with Gasteiger partial charge in [0, 0.05) is 18.0 Å². The molecule has 0 saturated heterocycles. The predicted molar refractivity (Wildman–Crippen MR) is 132 cm³/mol. The number of nitrogens with one attached hydrogen (secondary N) is 1. The number of hydrogen-bond acceptors (Lipinski definition) is 6. The largest absolute Gasteiger partial charge is 0.482 e. The van der Waals surface area contributed by atoms with Crippen LogP contribution in [0, 0.1) is 13.8 Å². The number of esters is 1. The van der Waals surface area contributed by atoms with Crippen molar-refractivity contribution in [3.05, 3.63) is 105 Å². The molecule has 0 radical (unpaired) electrons. The van der Waals surface area contributed by atoms with Gasteiger partial charge in [0.25, 0.3) is 5.91 Å². The molecule has 0 aliphatic heterocycles. The molecular weight excluding hydrogens is 446 g/mol. The maximum Gasteiger partial charge on any atom is 0.349 e. The molecule has 0 aliphatic carbocycles. The lowest BCUT2D eigenvalue weighted by Crippen LogP contribution is -2.29. The van der Waals surface area contributed by atoms with E-state index in [2.05, 4.69) is 5.32 Å². The number of carbonyl (C=O) groups is 2. The summed E-state index contributed by atoms with van der Waals surface area (Å²) in [4.78, 5) is 37.1. The van der Waals surface area contributed by atoms with Gasteiger partial charge in [0.2, 0.25) is 0 Å². The number of amides is 1. The van der Waals surface area contributed by atoms with Crippen LogP contribution in [0.5, 0.6) is 11.5 Å². The van der Waals surface area contributed by atoms with Crippen LogP contribution in [0.15, 0.2) is 82.0 Å². The van der Waals surface area contributed by atoms with Crippen molar-refractivity contribution in [3.8, 4) is 11.5 Å². The van der Waals surface area contributed by atoms with Crippen LogP contribution < -0.4 is 20.4 Å². The summed E-state index contributed by atoms with van der Waals surface area (Å²) in [6.45, 7) is 4.00. The third kappa shape index (κ3) is 5.95. The first kappa shape index (κ1) is 23.8. The summed E-state index contributed by atoms with van der Waals surface area (Å²) in [6, 6.07) is 21.4. The van der Waals surface area contributed by atoms with Crippen molar-refractivity contribution in [3.63, 3.8) is 0 Å². The molecule has 0 saturated carbocycles. The summed E-state index contributed by atoms with van der Waals surface area (Å²) in [5.74, 6) is -0.283. The first-order valence-electron chi connectivity index (χ1n) is 11.2. The smallest absolute Gasteiger partial charge is 0.349 e. The molecule has 7 heteroatoms. The van der Waals surface area contributed by atoms with Crippen LogP contribution in [-0.4, -0.2) is 25.0 Å². The van der Waals surface area contributed by atoms with Gasteiger partial charge in [0.15, 0.2) is 6.61 Å². The molecule has 0 atom stereocenters. The van der Waals surface area contributed by atoms with Gasteiger partial charge in [-0.1, -0.05) is 42.5 Å². The van der Waals surface area contributed by atoms with Crippen molar-refractivity contribution in [2.24, 2.45) is 0 Å². The zero-order valence-electron chi connectivity index (χ0n) is 19.5. The molecule has 0 fully saturated rings. The van der Waals surface area contributed by atoms with Gasteiger partial charge in [-0.15, -0.1) is 0 Å². The van der Waals surface area contributed by atoms with Crippen LogP contribution >= 0.6 is 0 Å². The Labute approximate surface area is 202 Å². The lowest BCUT2D eigenvalue weighted by Gasteiger charge is -2.11. The van der Waals surface area contributed by atoms with Crippen molar-refractivity contribution in [2.75, 3.05) is 13.2 Å². The average molecular weight is 472 g/mol. The summed E-state index contributed by atoms with van der Waals surface area (Å²) < 4.78 is 16.2. The van der Waals surface area contributed by atoms with E-state index in [0.717, 1.165) is 16.7 Å². The number of aryl methyl sites for hydroxylation is 1. The number of fused-ring (bicyclic) bond motifs is 1. The minimum atomic E-state index is -0.767. The van der Waals surface area contributed by atoms with E-state index in [0.29, 0.717) is 24.1 Å². The van der Waals surface area contributed by atoms with Gasteiger partial charge >= 0.3 is 11.6 Å². The van der Waals surface area contributed by atoms with Crippen LogP contribution in [0.25, 0.3) is 11.0 Å². The van der Waals surface area contributed by atoms with Gasteiger partial charge < -0.3 is 19.2 Å². The highest BCUT2D eigenvalue weighted by molar-refractivity contribution is 5.96. The maximum atomic E-state index is 12.5. The number of carbonyl (C=O) groups excluding carboxylic acids is 2. The molecule has 0 unspecified atom stereocenters. The Hall–Kier alpha value is -4.39. The molecule has 4 aromatic rings. The molecule has 35 heavy (non-hydrogen) atoms. The molecule has 7 nitrogen and oxygen atoms in total. The van der Waals surface area contributed by atoms with E-state index in [4.69, 9.17) is 13.9 Å². The standard InChI is InChI=1S/C28H25NO6/c1-18-7-6-10-24(19(18)2)33-17-26(30)34-22-12-11-21-15-23(28(32)35-25(21)16-22)27(31)29-14-13-20-8-4-3-5-9-20/h3-12,15-16H,13-14,17H2,1-2H3,(H,29,31). The molecule has 4 rings (SSSR count). The first-order chi connectivity index (χ1) is 16.9. The van der Waals surface area contributed by atoms with Crippen molar-refractivity contribution < 1.29 is 23.5 Å². The van der Waals surface area contributed by atoms with Crippen LogP contribution in [0.1, 0.15) is 27.0 Å². The maximum absolute atomic E-state index is 12.5. The minimum Gasteiger partial charge on any atom is -0.482 e. The molecular formula is C28H25NO6. The number of ether oxygens (including phenoxy) is 2. The summed E-state index contributed by atoms with van der Waals surface area (Å²) in [5.41, 5.74) is 2.45. The van der Waals surface area contributed by atoms with E-state index in [9.17, 15) is 14.4 Å². The third-order valence-corrected chi connectivity index (χ3v) is 5.63. The Morgan fingerprint density at radius 1 is 0.943 bits per heavy atom. The van der Waals surface area contributed by atoms with Crippen LogP contribution in [0.4, 0.5) is 0 Å². The SMILES string of the molecule is Cc1cccc(OCC(=O)Oc2ccc3cc(C(=O)NCCc4ccccc4)c(=O)oc3c2)c1C. The van der Waals surface area contributed by atoms with Crippen LogP contribution in [0.3, 0.4) is 0 Å². The second-order valence-electron chi connectivity index (χ2n) is 8.10. The Bertz CT molecular complexity index is 1420. The Morgan fingerprint density at radius 3 is 2.54 bits per heavy atom. The fraction of sp³-hybridized carbons (Fsp3) is 0.179. The molecule has 0 spiro atoms. The number of hydrogen-bond donors (Lipinski definition) is 1. The number of rotatable bonds is 8. The zero-order valence-corrected chi connectivity index (χ0v) is 19.5. The molecule has 1 amide bonds. The summed E-state index contributed by atoms with van der Waals surface area (Å²) in [5, 5.41) is 3.27. The van der Waals surface area contributed by atoms with Crippen LogP contribution in [0.2, 0.25) is 0 Å². The Balaban J connectivity index is 1.38. The second kappa shape index (κ2) is 10.7. The molecule has 0 aliphatic rings. The monoisotopic (exact) mass is 471 g/mol. The van der Waals surface area contributed by atoms with Crippen molar-refractivity contribution >= 4 is 22.8 Å². The van der Waals surface area contributed by atoms with Gasteiger partial charge in [0.1, 0.15) is 22.6 Å². The summed E-state index contributed by atoms with van der Waals surface area (Å²) >= 11 is 0. The topological polar surface area (TPSA) is 94.8 Å². The molecule has 3 aromatic carbocycles. The van der Waals surface area contributed by atoms with Gasteiger partial charge in [-0.3, -0.25) is 4.79 Å². The van der Waals surface area contributed by atoms with Crippen molar-refractivity contribution in [1.82, 2.24) is 5.32 Å². The summed E-state index contributed by atoms with van der Waals surface area (Å²) in [6.07, 6.45) is 0.646. The first-order valence-corrected chi connectivity index (χ1v) is 11.2. The van der Waals surface area contributed by atoms with E-state index in [1.807, 2.05) is 56.3 Å². The predicted octanol–water partition coefficient (Wildman–Crippen LogP) is 4.37. The Morgan fingerprint density at radius 2 is 1.74 bits per heavy atom. The van der Waals surface area contributed by atoms with Crippen LogP contribution in [-0.2, 0) is 11.2 Å². The quantitative estimate of drug-likeness (QED) is 0.233. The molecule has 1 heterocycles. The normalized spacial score (nSPS) is 10.7. The highest BCUT2D eigenvalue weighted by Crippen LogP contribution is 2.22. The van der Waals surface area contributed by atoms with Gasteiger partial charge in [-0.25, -0.2) is 9.59 Å². The highest BCUT2D eigenvalue weighted by Gasteiger charge is 2.15. The van der Waals surface area contributed by atoms with E-state index < -0.39 is 17.5 Å². The zero-order chi connectivity index (χ0) is 24.8. The van der Waals surface area contributed by atoms with Gasteiger partial charge in [0.05, 0.1) is 0 Å². The van der Waals surface area contributed by atoms with E-state index >= 15 is 0 Å². The minimum absolute atomic E-state index is 0.0859. The fourth-order valence-corrected chi connectivity index (χ4v) is 3.55. The fourth-order valence-electron chi connectivity index (χ4n) is 3.55. The molecule has 0 bridgehead atoms. The lowest BCUT2D eigenvalue weighted by atomic mass is 10.1. The molecule has 1 aromatic heterocycles. The second-order valence-corrected chi connectivity index (χ2v) is 8.10. The highest BCUT2D eigenvalue weighted by atomic mass is 16.6. The van der Waals surface area contributed by atoms with Crippen molar-refractivity contribution in [2.45, 2.75) is 20.3 Å². The molecule has 1 N–H and O–H groups in total. The Kier molecular flexibility index (Phi) is 7.26. The lowest BCUT2D eigenvalue weighted by molar-refractivity contribution is -0.136. The van der Waals surface area contributed by atoms with Gasteiger partial charge in [-0.05, 0) is 61.2 Å².